The van der Waals surface area contributed by atoms with Gasteiger partial charge in [0.25, 0.3) is 0 Å². The van der Waals surface area contributed by atoms with Crippen LogP contribution in [0.4, 0.5) is 10.8 Å². The Morgan fingerprint density at radius 3 is 2.76 bits per heavy atom. The van der Waals surface area contributed by atoms with Gasteiger partial charge in [0.05, 0.1) is 12.9 Å². The second kappa shape index (κ2) is 6.31. The van der Waals surface area contributed by atoms with Crippen molar-refractivity contribution in [1.82, 2.24) is 4.37 Å². The van der Waals surface area contributed by atoms with Crippen molar-refractivity contribution in [2.45, 2.75) is 18.4 Å². The van der Waals surface area contributed by atoms with E-state index in [9.17, 15) is 8.42 Å². The van der Waals surface area contributed by atoms with Gasteiger partial charge in [-0.05, 0) is 17.6 Å². The standard InChI is InChI=1S/C13H17N3O3S2/c1-3-21(17,18)11-12(14)16-20-13(11)15-8-9-6-4-5-7-10(9)19-2/h4-7,15H,3,8H2,1-2H3,(H2,14,16). The molecule has 1 heterocycles. The predicted molar refractivity (Wildman–Crippen MR) is 84.6 cm³/mol. The minimum atomic E-state index is -3.41. The fourth-order valence-corrected chi connectivity index (χ4v) is 4.04. The van der Waals surface area contributed by atoms with Gasteiger partial charge in [-0.2, -0.15) is 4.37 Å². The molecule has 0 aliphatic rings. The summed E-state index contributed by atoms with van der Waals surface area (Å²) in [5.74, 6) is 0.769. The van der Waals surface area contributed by atoms with Gasteiger partial charge in [-0.15, -0.1) is 0 Å². The van der Waals surface area contributed by atoms with Gasteiger partial charge in [0.15, 0.2) is 15.7 Å². The number of anilines is 2. The van der Waals surface area contributed by atoms with Gasteiger partial charge in [0.2, 0.25) is 0 Å². The van der Waals surface area contributed by atoms with Crippen molar-refractivity contribution in [2.24, 2.45) is 0 Å². The molecule has 0 atom stereocenters. The Morgan fingerprint density at radius 1 is 1.38 bits per heavy atom. The first-order valence-corrected chi connectivity index (χ1v) is 8.75. The molecule has 0 fully saturated rings. The number of rotatable bonds is 6. The van der Waals surface area contributed by atoms with E-state index in [4.69, 9.17) is 10.5 Å². The van der Waals surface area contributed by atoms with Gasteiger partial charge >= 0.3 is 0 Å². The highest BCUT2D eigenvalue weighted by Crippen LogP contribution is 2.33. The maximum Gasteiger partial charge on any atom is 0.184 e. The van der Waals surface area contributed by atoms with Crippen LogP contribution in [0.15, 0.2) is 29.2 Å². The van der Waals surface area contributed by atoms with E-state index >= 15 is 0 Å². The predicted octanol–water partition coefficient (Wildman–Crippen LogP) is 2.14. The third-order valence-corrected chi connectivity index (χ3v) is 5.74. The van der Waals surface area contributed by atoms with Crippen LogP contribution >= 0.6 is 11.5 Å². The Morgan fingerprint density at radius 2 is 2.10 bits per heavy atom. The van der Waals surface area contributed by atoms with Crippen molar-refractivity contribution in [1.29, 1.82) is 0 Å². The first-order chi connectivity index (χ1) is 9.99. The first-order valence-electron chi connectivity index (χ1n) is 6.33. The fraction of sp³-hybridized carbons (Fsp3) is 0.308. The molecule has 2 rings (SSSR count). The van der Waals surface area contributed by atoms with E-state index in [1.807, 2.05) is 24.3 Å². The first kappa shape index (κ1) is 15.6. The van der Waals surface area contributed by atoms with Gasteiger partial charge in [0, 0.05) is 12.1 Å². The summed E-state index contributed by atoms with van der Waals surface area (Å²) >= 11 is 1.05. The molecule has 0 aliphatic carbocycles. The highest BCUT2D eigenvalue weighted by molar-refractivity contribution is 7.91. The number of methoxy groups -OCH3 is 1. The second-order valence-electron chi connectivity index (χ2n) is 4.29. The molecule has 6 nitrogen and oxygen atoms in total. The van der Waals surface area contributed by atoms with Crippen LogP contribution in [0.1, 0.15) is 12.5 Å². The van der Waals surface area contributed by atoms with E-state index in [-0.39, 0.29) is 16.5 Å². The van der Waals surface area contributed by atoms with Crippen molar-refractivity contribution in [3.63, 3.8) is 0 Å². The summed E-state index contributed by atoms with van der Waals surface area (Å²) in [5, 5.41) is 3.54. The number of nitrogens with one attached hydrogen (secondary N) is 1. The topological polar surface area (TPSA) is 94.3 Å². The zero-order valence-corrected chi connectivity index (χ0v) is 13.4. The van der Waals surface area contributed by atoms with Crippen LogP contribution in [0, 0.1) is 0 Å². The summed E-state index contributed by atoms with van der Waals surface area (Å²) in [5.41, 5.74) is 6.61. The van der Waals surface area contributed by atoms with E-state index in [2.05, 4.69) is 9.69 Å². The van der Waals surface area contributed by atoms with Gasteiger partial charge < -0.3 is 15.8 Å². The summed E-state index contributed by atoms with van der Waals surface area (Å²) in [4.78, 5) is 0.0879. The number of nitrogens with zero attached hydrogens (tertiary/aromatic N) is 1. The number of hydrogen-bond acceptors (Lipinski definition) is 7. The van der Waals surface area contributed by atoms with E-state index in [0.29, 0.717) is 11.5 Å². The Hall–Kier alpha value is -1.80. The lowest BCUT2D eigenvalue weighted by Crippen LogP contribution is -2.09. The summed E-state index contributed by atoms with van der Waals surface area (Å²) in [7, 11) is -1.81. The van der Waals surface area contributed by atoms with Crippen LogP contribution in [0.3, 0.4) is 0 Å². The molecule has 1 aromatic carbocycles. The zero-order valence-electron chi connectivity index (χ0n) is 11.8. The summed E-state index contributed by atoms with van der Waals surface area (Å²) in [6, 6.07) is 7.52. The van der Waals surface area contributed by atoms with Crippen LogP contribution in [0.25, 0.3) is 0 Å². The molecular formula is C13H17N3O3S2. The molecule has 8 heteroatoms. The van der Waals surface area contributed by atoms with E-state index < -0.39 is 9.84 Å². The average Bonchev–Trinajstić information content (AvgIpc) is 2.87. The lowest BCUT2D eigenvalue weighted by atomic mass is 10.2. The molecule has 2 aromatic rings. The molecule has 21 heavy (non-hydrogen) atoms. The number of sulfone groups is 1. The van der Waals surface area contributed by atoms with Gasteiger partial charge in [-0.3, -0.25) is 0 Å². The molecule has 114 valence electrons. The molecule has 3 N–H and O–H groups in total. The van der Waals surface area contributed by atoms with Crippen LogP contribution in [-0.4, -0.2) is 25.7 Å². The molecule has 0 saturated heterocycles. The number of aromatic nitrogens is 1. The quantitative estimate of drug-likeness (QED) is 0.844. The smallest absolute Gasteiger partial charge is 0.184 e. The van der Waals surface area contributed by atoms with Crippen molar-refractivity contribution in [3.8, 4) is 5.75 Å². The molecule has 0 bridgehead atoms. The van der Waals surface area contributed by atoms with Gasteiger partial charge in [0.1, 0.15) is 15.6 Å². The van der Waals surface area contributed by atoms with Crippen LogP contribution in [0.2, 0.25) is 0 Å². The van der Waals surface area contributed by atoms with E-state index in [0.717, 1.165) is 22.8 Å². The molecule has 0 aliphatic heterocycles. The fourth-order valence-electron chi connectivity index (χ4n) is 1.88. The minimum Gasteiger partial charge on any atom is -0.496 e. The van der Waals surface area contributed by atoms with Gasteiger partial charge in [-0.1, -0.05) is 25.1 Å². The molecular weight excluding hydrogens is 310 g/mol. The average molecular weight is 327 g/mol. The van der Waals surface area contributed by atoms with Crippen LogP contribution in [-0.2, 0) is 16.4 Å². The van der Waals surface area contributed by atoms with E-state index in [1.54, 1.807) is 14.0 Å². The summed E-state index contributed by atoms with van der Waals surface area (Å²) < 4.78 is 33.3. The van der Waals surface area contributed by atoms with Crippen molar-refractivity contribution in [2.75, 3.05) is 23.9 Å². The highest BCUT2D eigenvalue weighted by atomic mass is 32.2. The Labute approximate surface area is 128 Å². The zero-order chi connectivity index (χ0) is 15.5. The molecule has 1 aromatic heterocycles. The van der Waals surface area contributed by atoms with Crippen LogP contribution in [0.5, 0.6) is 5.75 Å². The van der Waals surface area contributed by atoms with Crippen molar-refractivity contribution >= 4 is 32.2 Å². The Kier molecular flexibility index (Phi) is 4.69. The lowest BCUT2D eigenvalue weighted by molar-refractivity contribution is 0.410. The third kappa shape index (κ3) is 3.27. The van der Waals surface area contributed by atoms with Crippen molar-refractivity contribution in [3.05, 3.63) is 29.8 Å². The number of nitrogen functional groups attached to an aromatic ring is 1. The molecule has 0 radical (unpaired) electrons. The summed E-state index contributed by atoms with van der Waals surface area (Å²) in [6.45, 7) is 2.01. The normalized spacial score (nSPS) is 11.3. The minimum absolute atomic E-state index is 0.0149. The maximum absolute atomic E-state index is 12.1. The van der Waals surface area contributed by atoms with Crippen LogP contribution < -0.4 is 15.8 Å². The number of nitrogens with two attached hydrogens (primary N) is 1. The number of hydrogen-bond donors (Lipinski definition) is 2. The monoisotopic (exact) mass is 327 g/mol. The van der Waals surface area contributed by atoms with E-state index in [1.165, 1.54) is 0 Å². The van der Waals surface area contributed by atoms with Crippen molar-refractivity contribution < 1.29 is 13.2 Å². The molecule has 0 unspecified atom stereocenters. The highest BCUT2D eigenvalue weighted by Gasteiger charge is 2.23. The number of para-hydroxylation sites is 1. The number of benzene rings is 1. The Balaban J connectivity index is 2.26. The van der Waals surface area contributed by atoms with Gasteiger partial charge in [-0.25, -0.2) is 8.42 Å². The SMILES string of the molecule is CCS(=O)(=O)c1c(N)nsc1NCc1ccccc1OC. The lowest BCUT2D eigenvalue weighted by Gasteiger charge is -2.10. The molecule has 0 amide bonds. The third-order valence-electron chi connectivity index (χ3n) is 3.00. The maximum atomic E-state index is 12.1. The number of ether oxygens (including phenoxy) is 1. The largest absolute Gasteiger partial charge is 0.496 e. The molecule has 0 saturated carbocycles. The Bertz CT molecular complexity index is 726. The second-order valence-corrected chi connectivity index (χ2v) is 7.28. The summed E-state index contributed by atoms with van der Waals surface area (Å²) in [6.07, 6.45) is 0. The molecule has 0 spiro atoms.